The van der Waals surface area contributed by atoms with Crippen molar-refractivity contribution in [3.05, 3.63) is 12.3 Å². The normalized spacial score (nSPS) is 40.8. The Labute approximate surface area is 46.3 Å². The molecule has 0 radical (unpaired) electrons. The minimum atomic E-state index is -0.528. The second-order valence-corrected chi connectivity index (χ2v) is 1.98. The SMILES string of the molecule is O=C1NC=CC12CO2. The Hall–Kier alpha value is -0.830. The van der Waals surface area contributed by atoms with Gasteiger partial charge in [0.2, 0.25) is 0 Å². The standard InChI is InChI=1S/C5H5NO2/c7-4-5(3-8-5)1-2-6-4/h1-2H,3H2,(H,6,7). The number of rotatable bonds is 0. The lowest BCUT2D eigenvalue weighted by Gasteiger charge is -1.91. The van der Waals surface area contributed by atoms with Crippen LogP contribution in [0.15, 0.2) is 12.3 Å². The summed E-state index contributed by atoms with van der Waals surface area (Å²) < 4.78 is 4.87. The number of amides is 1. The Balaban J connectivity index is 2.35. The smallest absolute Gasteiger partial charge is 0.262 e. The van der Waals surface area contributed by atoms with Crippen molar-refractivity contribution in [2.45, 2.75) is 5.60 Å². The van der Waals surface area contributed by atoms with Gasteiger partial charge in [-0.15, -0.1) is 0 Å². The summed E-state index contributed by atoms with van der Waals surface area (Å²) in [4.78, 5) is 10.7. The quantitative estimate of drug-likeness (QED) is 0.424. The first kappa shape index (κ1) is 4.09. The van der Waals surface area contributed by atoms with E-state index in [0.29, 0.717) is 6.61 Å². The van der Waals surface area contributed by atoms with E-state index < -0.39 is 5.60 Å². The summed E-state index contributed by atoms with van der Waals surface area (Å²) in [5.74, 6) is -0.0301. The largest absolute Gasteiger partial charge is 0.355 e. The summed E-state index contributed by atoms with van der Waals surface area (Å²) >= 11 is 0. The molecule has 42 valence electrons. The van der Waals surface area contributed by atoms with Crippen LogP contribution in [-0.2, 0) is 9.53 Å². The van der Waals surface area contributed by atoms with Crippen LogP contribution in [0.4, 0.5) is 0 Å². The maximum Gasteiger partial charge on any atom is 0.262 e. The first-order valence-electron chi connectivity index (χ1n) is 2.46. The predicted molar refractivity (Wildman–Crippen MR) is 26.0 cm³/mol. The molecule has 1 fully saturated rings. The number of carbonyl (C=O) groups is 1. The summed E-state index contributed by atoms with van der Waals surface area (Å²) in [6, 6.07) is 0. The Kier molecular flexibility index (Phi) is 0.486. The van der Waals surface area contributed by atoms with Gasteiger partial charge in [0.05, 0.1) is 6.61 Å². The van der Waals surface area contributed by atoms with E-state index in [-0.39, 0.29) is 5.91 Å². The van der Waals surface area contributed by atoms with Crippen molar-refractivity contribution in [3.8, 4) is 0 Å². The van der Waals surface area contributed by atoms with Crippen molar-refractivity contribution in [1.82, 2.24) is 5.32 Å². The van der Waals surface area contributed by atoms with Gasteiger partial charge in [0, 0.05) is 6.20 Å². The number of hydrogen-bond donors (Lipinski definition) is 1. The van der Waals surface area contributed by atoms with Gasteiger partial charge in [-0.1, -0.05) is 0 Å². The van der Waals surface area contributed by atoms with Gasteiger partial charge in [0.25, 0.3) is 5.91 Å². The molecule has 3 heteroatoms. The maximum atomic E-state index is 10.7. The van der Waals surface area contributed by atoms with E-state index in [4.69, 9.17) is 4.74 Å². The van der Waals surface area contributed by atoms with Gasteiger partial charge in [-0.05, 0) is 6.08 Å². The molecule has 1 atom stereocenters. The Morgan fingerprint density at radius 1 is 1.88 bits per heavy atom. The summed E-state index contributed by atoms with van der Waals surface area (Å²) in [5, 5.41) is 2.53. The van der Waals surface area contributed by atoms with E-state index in [1.807, 2.05) is 0 Å². The lowest BCUT2D eigenvalue weighted by atomic mass is 10.2. The van der Waals surface area contributed by atoms with Crippen LogP contribution in [0.5, 0.6) is 0 Å². The van der Waals surface area contributed by atoms with Gasteiger partial charge in [-0.25, -0.2) is 0 Å². The highest BCUT2D eigenvalue weighted by Crippen LogP contribution is 2.30. The van der Waals surface area contributed by atoms with E-state index in [2.05, 4.69) is 5.32 Å². The molecule has 2 heterocycles. The fourth-order valence-corrected chi connectivity index (χ4v) is 0.755. The van der Waals surface area contributed by atoms with E-state index in [1.165, 1.54) is 0 Å². The van der Waals surface area contributed by atoms with Crippen molar-refractivity contribution in [2.24, 2.45) is 0 Å². The zero-order valence-electron chi connectivity index (χ0n) is 4.18. The first-order chi connectivity index (χ1) is 3.83. The molecule has 1 spiro atoms. The molecule has 0 aromatic rings. The van der Waals surface area contributed by atoms with Crippen LogP contribution in [0.3, 0.4) is 0 Å². The number of carbonyl (C=O) groups excluding carboxylic acids is 1. The second kappa shape index (κ2) is 0.951. The molecule has 1 N–H and O–H groups in total. The number of ether oxygens (including phenoxy) is 1. The van der Waals surface area contributed by atoms with Crippen molar-refractivity contribution >= 4 is 5.91 Å². The number of hydrogen-bond acceptors (Lipinski definition) is 2. The van der Waals surface area contributed by atoms with Crippen molar-refractivity contribution in [3.63, 3.8) is 0 Å². The second-order valence-electron chi connectivity index (χ2n) is 1.98. The molecule has 2 rings (SSSR count). The molecule has 0 aromatic carbocycles. The van der Waals surface area contributed by atoms with Crippen LogP contribution in [-0.4, -0.2) is 18.1 Å². The van der Waals surface area contributed by atoms with Crippen molar-refractivity contribution in [1.29, 1.82) is 0 Å². The van der Waals surface area contributed by atoms with Crippen LogP contribution in [0.2, 0.25) is 0 Å². The van der Waals surface area contributed by atoms with E-state index in [1.54, 1.807) is 12.3 Å². The zero-order valence-corrected chi connectivity index (χ0v) is 4.18. The Bertz CT molecular complexity index is 169. The highest BCUT2D eigenvalue weighted by Gasteiger charge is 2.52. The van der Waals surface area contributed by atoms with Gasteiger partial charge >= 0.3 is 0 Å². The molecule has 1 amide bonds. The molecule has 0 saturated carbocycles. The van der Waals surface area contributed by atoms with Gasteiger partial charge in [0.15, 0.2) is 5.60 Å². The first-order valence-corrected chi connectivity index (χ1v) is 2.46. The third-order valence-electron chi connectivity index (χ3n) is 1.41. The fourth-order valence-electron chi connectivity index (χ4n) is 0.755. The minimum Gasteiger partial charge on any atom is -0.355 e. The van der Waals surface area contributed by atoms with E-state index in [9.17, 15) is 4.79 Å². The molecule has 2 aliphatic rings. The molecule has 1 unspecified atom stereocenters. The lowest BCUT2D eigenvalue weighted by molar-refractivity contribution is -0.122. The molecule has 1 saturated heterocycles. The molecule has 0 aromatic heterocycles. The average Bonchev–Trinajstić information content (AvgIpc) is 2.39. The van der Waals surface area contributed by atoms with Crippen LogP contribution >= 0.6 is 0 Å². The molecule has 2 aliphatic heterocycles. The van der Waals surface area contributed by atoms with Crippen LogP contribution in [0.25, 0.3) is 0 Å². The average molecular weight is 111 g/mol. The molecule has 0 aliphatic carbocycles. The molecule has 3 nitrogen and oxygen atoms in total. The monoisotopic (exact) mass is 111 g/mol. The lowest BCUT2D eigenvalue weighted by Crippen LogP contribution is -2.25. The van der Waals surface area contributed by atoms with Crippen molar-refractivity contribution in [2.75, 3.05) is 6.61 Å². The number of epoxide rings is 1. The maximum absolute atomic E-state index is 10.7. The van der Waals surface area contributed by atoms with Gasteiger partial charge in [-0.2, -0.15) is 0 Å². The van der Waals surface area contributed by atoms with Gasteiger partial charge in [0.1, 0.15) is 0 Å². The summed E-state index contributed by atoms with van der Waals surface area (Å²) in [6.07, 6.45) is 3.37. The third kappa shape index (κ3) is 0.305. The Morgan fingerprint density at radius 2 is 2.62 bits per heavy atom. The molecular weight excluding hydrogens is 106 g/mol. The highest BCUT2D eigenvalue weighted by molar-refractivity contribution is 5.93. The van der Waals surface area contributed by atoms with E-state index >= 15 is 0 Å². The van der Waals surface area contributed by atoms with Crippen LogP contribution < -0.4 is 5.32 Å². The van der Waals surface area contributed by atoms with Gasteiger partial charge < -0.3 is 10.1 Å². The minimum absolute atomic E-state index is 0.0301. The molecule has 0 bridgehead atoms. The van der Waals surface area contributed by atoms with E-state index in [0.717, 1.165) is 0 Å². The van der Waals surface area contributed by atoms with Crippen LogP contribution in [0, 0.1) is 0 Å². The predicted octanol–water partition coefficient (Wildman–Crippen LogP) is -0.601. The zero-order chi connectivity index (χ0) is 5.61. The summed E-state index contributed by atoms with van der Waals surface area (Å²) in [7, 11) is 0. The summed E-state index contributed by atoms with van der Waals surface area (Å²) in [6.45, 7) is 0.551. The Morgan fingerprint density at radius 3 is 2.88 bits per heavy atom. The van der Waals surface area contributed by atoms with Gasteiger partial charge in [-0.3, -0.25) is 4.79 Å². The molecular formula is C5H5NO2. The van der Waals surface area contributed by atoms with Crippen molar-refractivity contribution < 1.29 is 9.53 Å². The summed E-state index contributed by atoms with van der Waals surface area (Å²) in [5.41, 5.74) is -0.528. The molecule has 8 heavy (non-hydrogen) atoms. The number of nitrogens with one attached hydrogen (secondary N) is 1. The highest BCUT2D eigenvalue weighted by atomic mass is 16.6. The third-order valence-corrected chi connectivity index (χ3v) is 1.41. The van der Waals surface area contributed by atoms with Crippen LogP contribution in [0.1, 0.15) is 0 Å². The topological polar surface area (TPSA) is 41.6 Å². The fraction of sp³-hybridized carbons (Fsp3) is 0.400.